The van der Waals surface area contributed by atoms with E-state index in [0.29, 0.717) is 12.8 Å². The SMILES string of the molecule is CCCCCCCCCCCCCCCCCCCCCCCC(=O)N[C@@H](CO[C@@H]1O[C@H](CO)[C@H](O)C(O)C1O)[C@H](O)CCCCCCCCCCC. The standard InChI is InChI=1S/C44H87NO8/c1-3-5-7-9-11-13-14-15-16-17-18-19-20-21-22-23-24-26-28-30-32-34-40(48)45-37(38(47)33-31-29-27-25-12-10-8-6-4-2)36-52-44-43(51)42(50)41(49)39(35-46)53-44/h37-39,41-44,46-47,49-51H,3-36H2,1-2H3,(H,45,48)/t37-,38+,39+,41-,42?,43?,44+/m0/s1. The van der Waals surface area contributed by atoms with Crippen molar-refractivity contribution < 1.29 is 39.8 Å². The highest BCUT2D eigenvalue weighted by Crippen LogP contribution is 2.23. The summed E-state index contributed by atoms with van der Waals surface area (Å²) in [7, 11) is 0. The summed E-state index contributed by atoms with van der Waals surface area (Å²) >= 11 is 0. The number of hydrogen-bond acceptors (Lipinski definition) is 8. The molecule has 316 valence electrons. The molecule has 0 aromatic carbocycles. The monoisotopic (exact) mass is 758 g/mol. The van der Waals surface area contributed by atoms with Crippen LogP contribution in [0.4, 0.5) is 0 Å². The second-order valence-corrected chi connectivity index (χ2v) is 16.2. The molecule has 1 rings (SSSR count). The maximum Gasteiger partial charge on any atom is 0.220 e. The van der Waals surface area contributed by atoms with E-state index in [0.717, 1.165) is 38.5 Å². The van der Waals surface area contributed by atoms with E-state index in [1.54, 1.807) is 0 Å². The molecule has 7 atom stereocenters. The van der Waals surface area contributed by atoms with Crippen molar-refractivity contribution in [1.82, 2.24) is 5.32 Å². The largest absolute Gasteiger partial charge is 0.394 e. The zero-order chi connectivity index (χ0) is 38.8. The molecule has 1 amide bonds. The van der Waals surface area contributed by atoms with Crippen molar-refractivity contribution in [3.63, 3.8) is 0 Å². The lowest BCUT2D eigenvalue weighted by Gasteiger charge is -2.40. The molecular weight excluding hydrogens is 670 g/mol. The van der Waals surface area contributed by atoms with Gasteiger partial charge in [-0.2, -0.15) is 0 Å². The quantitative estimate of drug-likeness (QED) is 0.0342. The van der Waals surface area contributed by atoms with Gasteiger partial charge in [-0.1, -0.05) is 200 Å². The minimum Gasteiger partial charge on any atom is -0.394 e. The van der Waals surface area contributed by atoms with E-state index in [4.69, 9.17) is 9.47 Å². The summed E-state index contributed by atoms with van der Waals surface area (Å²) in [5, 5.41) is 54.1. The van der Waals surface area contributed by atoms with Crippen molar-refractivity contribution in [3.05, 3.63) is 0 Å². The zero-order valence-corrected chi connectivity index (χ0v) is 34.5. The summed E-state index contributed by atoms with van der Waals surface area (Å²) in [6, 6.07) is -0.709. The fraction of sp³-hybridized carbons (Fsp3) is 0.977. The Labute approximate surface area is 325 Å². The van der Waals surface area contributed by atoms with Gasteiger partial charge in [0.25, 0.3) is 0 Å². The van der Waals surface area contributed by atoms with Crippen LogP contribution in [-0.4, -0.2) is 87.5 Å². The summed E-state index contributed by atoms with van der Waals surface area (Å²) in [6.45, 7) is 3.82. The number of ether oxygens (including phenoxy) is 2. The van der Waals surface area contributed by atoms with Crippen molar-refractivity contribution in [3.8, 4) is 0 Å². The molecule has 6 N–H and O–H groups in total. The van der Waals surface area contributed by atoms with Crippen LogP contribution in [0.1, 0.15) is 219 Å². The highest BCUT2D eigenvalue weighted by Gasteiger charge is 2.44. The number of aliphatic hydroxyl groups excluding tert-OH is 5. The first-order chi connectivity index (χ1) is 25.8. The number of nitrogens with one attached hydrogen (secondary N) is 1. The van der Waals surface area contributed by atoms with E-state index in [9.17, 15) is 30.3 Å². The smallest absolute Gasteiger partial charge is 0.220 e. The van der Waals surface area contributed by atoms with Crippen molar-refractivity contribution in [2.45, 2.75) is 262 Å². The van der Waals surface area contributed by atoms with Gasteiger partial charge in [0.2, 0.25) is 5.91 Å². The van der Waals surface area contributed by atoms with E-state index >= 15 is 0 Å². The Morgan fingerprint density at radius 1 is 0.566 bits per heavy atom. The fourth-order valence-electron chi connectivity index (χ4n) is 7.51. The van der Waals surface area contributed by atoms with Gasteiger partial charge in [-0.3, -0.25) is 4.79 Å². The van der Waals surface area contributed by atoms with E-state index in [-0.39, 0.29) is 12.5 Å². The third kappa shape index (κ3) is 26.6. The molecule has 1 aliphatic rings. The topological polar surface area (TPSA) is 149 Å². The Hall–Kier alpha value is -0.810. The molecule has 2 unspecified atom stereocenters. The first-order valence-corrected chi connectivity index (χ1v) is 22.7. The second-order valence-electron chi connectivity index (χ2n) is 16.2. The first kappa shape index (κ1) is 50.2. The predicted molar refractivity (Wildman–Crippen MR) is 217 cm³/mol. The van der Waals surface area contributed by atoms with Crippen LogP contribution in [0.15, 0.2) is 0 Å². The van der Waals surface area contributed by atoms with Crippen molar-refractivity contribution in [2.24, 2.45) is 0 Å². The summed E-state index contributed by atoms with van der Waals surface area (Å²) in [5.74, 6) is -0.142. The lowest BCUT2D eigenvalue weighted by atomic mass is 9.99. The number of hydrogen-bond donors (Lipinski definition) is 6. The maximum atomic E-state index is 12.9. The maximum absolute atomic E-state index is 12.9. The minimum atomic E-state index is -1.55. The molecule has 0 spiro atoms. The van der Waals surface area contributed by atoms with Crippen LogP contribution in [0.3, 0.4) is 0 Å². The highest BCUT2D eigenvalue weighted by molar-refractivity contribution is 5.76. The molecule has 9 heteroatoms. The number of amides is 1. The molecule has 1 fully saturated rings. The van der Waals surface area contributed by atoms with Crippen LogP contribution in [0.2, 0.25) is 0 Å². The number of carbonyl (C=O) groups excluding carboxylic acids is 1. The van der Waals surface area contributed by atoms with E-state index in [2.05, 4.69) is 19.2 Å². The van der Waals surface area contributed by atoms with Crippen molar-refractivity contribution in [2.75, 3.05) is 13.2 Å². The second kappa shape index (κ2) is 35.6. The molecule has 0 aliphatic carbocycles. The van der Waals surface area contributed by atoms with Gasteiger partial charge in [-0.05, 0) is 12.8 Å². The number of carbonyl (C=O) groups is 1. The average molecular weight is 758 g/mol. The van der Waals surface area contributed by atoms with Crippen LogP contribution in [0.25, 0.3) is 0 Å². The molecule has 0 aromatic rings. The Kier molecular flexibility index (Phi) is 33.7. The normalized spacial score (nSPS) is 21.5. The number of rotatable bonds is 38. The lowest BCUT2D eigenvalue weighted by Crippen LogP contribution is -2.60. The van der Waals surface area contributed by atoms with Gasteiger partial charge in [-0.15, -0.1) is 0 Å². The molecule has 0 radical (unpaired) electrons. The third-order valence-corrected chi connectivity index (χ3v) is 11.2. The molecule has 0 bridgehead atoms. The molecule has 1 aliphatic heterocycles. The van der Waals surface area contributed by atoms with Gasteiger partial charge in [0.1, 0.15) is 24.4 Å². The van der Waals surface area contributed by atoms with Gasteiger partial charge in [0.05, 0.1) is 25.4 Å². The van der Waals surface area contributed by atoms with Crippen LogP contribution in [-0.2, 0) is 14.3 Å². The van der Waals surface area contributed by atoms with E-state index in [1.165, 1.54) is 154 Å². The Morgan fingerprint density at radius 2 is 0.943 bits per heavy atom. The predicted octanol–water partition coefficient (Wildman–Crippen LogP) is 9.17. The molecule has 1 heterocycles. The first-order valence-electron chi connectivity index (χ1n) is 22.7. The van der Waals surface area contributed by atoms with Crippen molar-refractivity contribution in [1.29, 1.82) is 0 Å². The molecule has 0 saturated carbocycles. The lowest BCUT2D eigenvalue weighted by molar-refractivity contribution is -0.302. The summed E-state index contributed by atoms with van der Waals surface area (Å²) in [4.78, 5) is 12.9. The minimum absolute atomic E-state index is 0.133. The van der Waals surface area contributed by atoms with E-state index in [1.807, 2.05) is 0 Å². The van der Waals surface area contributed by atoms with Crippen LogP contribution in [0, 0.1) is 0 Å². The zero-order valence-electron chi connectivity index (χ0n) is 34.5. The van der Waals surface area contributed by atoms with Gasteiger partial charge in [-0.25, -0.2) is 0 Å². The van der Waals surface area contributed by atoms with Gasteiger partial charge < -0.3 is 40.3 Å². The van der Waals surface area contributed by atoms with Gasteiger partial charge in [0.15, 0.2) is 6.29 Å². The molecule has 1 saturated heterocycles. The number of aliphatic hydroxyl groups is 5. The van der Waals surface area contributed by atoms with Crippen molar-refractivity contribution >= 4 is 5.91 Å². The van der Waals surface area contributed by atoms with Crippen LogP contribution in [0.5, 0.6) is 0 Å². The van der Waals surface area contributed by atoms with Gasteiger partial charge in [0, 0.05) is 6.42 Å². The Balaban J connectivity index is 2.23. The average Bonchev–Trinajstić information content (AvgIpc) is 3.16. The molecule has 53 heavy (non-hydrogen) atoms. The highest BCUT2D eigenvalue weighted by atomic mass is 16.7. The van der Waals surface area contributed by atoms with E-state index < -0.39 is 49.5 Å². The summed E-state index contributed by atoms with van der Waals surface area (Å²) < 4.78 is 11.2. The van der Waals surface area contributed by atoms with Crippen LogP contribution >= 0.6 is 0 Å². The number of unbranched alkanes of at least 4 members (excludes halogenated alkanes) is 28. The Morgan fingerprint density at radius 3 is 1.34 bits per heavy atom. The molecular formula is C44H87NO8. The summed E-state index contributed by atoms with van der Waals surface area (Å²) in [5.41, 5.74) is 0. The molecule has 9 nitrogen and oxygen atoms in total. The van der Waals surface area contributed by atoms with Crippen LogP contribution < -0.4 is 5.32 Å². The van der Waals surface area contributed by atoms with Gasteiger partial charge >= 0.3 is 0 Å². The summed E-state index contributed by atoms with van der Waals surface area (Å²) in [6.07, 6.45) is 31.2. The third-order valence-electron chi connectivity index (χ3n) is 11.2. The fourth-order valence-corrected chi connectivity index (χ4v) is 7.51. The Bertz CT molecular complexity index is 801. The molecule has 0 aromatic heterocycles.